The minimum absolute atomic E-state index is 0.0591. The molecule has 0 spiro atoms. The van der Waals surface area contributed by atoms with E-state index in [4.69, 9.17) is 4.74 Å². The lowest BCUT2D eigenvalue weighted by molar-refractivity contribution is -0.141. The standard InChI is InChI=1S/C17H22BrNO4/c1-10-4-6-19(7-5-10)16(21)12(3)23-17(22)13-8-11(2)9-14(18)15(13)20/h8-10,12,20H,4-7H2,1-3H3. The molecule has 0 aromatic heterocycles. The number of amides is 1. The van der Waals surface area contributed by atoms with E-state index in [1.807, 2.05) is 6.92 Å². The fourth-order valence-corrected chi connectivity index (χ4v) is 3.23. The highest BCUT2D eigenvalue weighted by Crippen LogP contribution is 2.30. The summed E-state index contributed by atoms with van der Waals surface area (Å²) in [5, 5.41) is 9.98. The molecule has 1 heterocycles. The Morgan fingerprint density at radius 2 is 1.96 bits per heavy atom. The molecule has 1 aromatic carbocycles. The van der Waals surface area contributed by atoms with Crippen LogP contribution < -0.4 is 0 Å². The number of piperidine rings is 1. The normalized spacial score (nSPS) is 17.0. The lowest BCUT2D eigenvalue weighted by atomic mass is 9.99. The number of phenolic OH excluding ortho intramolecular Hbond substituents is 1. The number of hydrogen-bond acceptors (Lipinski definition) is 4. The highest BCUT2D eigenvalue weighted by molar-refractivity contribution is 9.10. The van der Waals surface area contributed by atoms with Gasteiger partial charge in [0.15, 0.2) is 6.10 Å². The first-order valence-electron chi connectivity index (χ1n) is 7.78. The van der Waals surface area contributed by atoms with Gasteiger partial charge in [0.05, 0.1) is 4.47 Å². The molecule has 0 saturated carbocycles. The second kappa shape index (κ2) is 7.34. The molecule has 6 heteroatoms. The number of esters is 1. The number of nitrogens with zero attached hydrogens (tertiary/aromatic N) is 1. The second-order valence-corrected chi connectivity index (χ2v) is 7.05. The predicted octanol–water partition coefficient (Wildman–Crippen LogP) is 3.27. The van der Waals surface area contributed by atoms with Gasteiger partial charge in [-0.05, 0) is 66.2 Å². The van der Waals surface area contributed by atoms with Gasteiger partial charge in [0, 0.05) is 13.1 Å². The Morgan fingerprint density at radius 3 is 2.57 bits per heavy atom. The highest BCUT2D eigenvalue weighted by Gasteiger charge is 2.28. The van der Waals surface area contributed by atoms with Gasteiger partial charge in [-0.15, -0.1) is 0 Å². The van der Waals surface area contributed by atoms with Gasteiger partial charge in [-0.2, -0.15) is 0 Å². The number of carbonyl (C=O) groups is 2. The Bertz CT molecular complexity index is 609. The van der Waals surface area contributed by atoms with E-state index in [-0.39, 0.29) is 17.2 Å². The number of likely N-dealkylation sites (tertiary alicyclic amines) is 1. The minimum Gasteiger partial charge on any atom is -0.506 e. The van der Waals surface area contributed by atoms with Crippen LogP contribution in [0.25, 0.3) is 0 Å². The number of phenols is 1. The largest absolute Gasteiger partial charge is 0.506 e. The summed E-state index contributed by atoms with van der Waals surface area (Å²) in [5.74, 6) is -0.430. The number of rotatable bonds is 3. The van der Waals surface area contributed by atoms with E-state index in [1.54, 1.807) is 24.0 Å². The van der Waals surface area contributed by atoms with Crippen molar-refractivity contribution >= 4 is 27.8 Å². The van der Waals surface area contributed by atoms with Crippen LogP contribution in [0.1, 0.15) is 42.6 Å². The molecule has 2 rings (SSSR count). The molecule has 1 fully saturated rings. The average Bonchev–Trinajstić information content (AvgIpc) is 2.50. The summed E-state index contributed by atoms with van der Waals surface area (Å²) in [6.07, 6.45) is 1.07. The summed E-state index contributed by atoms with van der Waals surface area (Å²) < 4.78 is 5.68. The zero-order valence-corrected chi connectivity index (χ0v) is 15.2. The molecule has 5 nitrogen and oxygen atoms in total. The molecule has 1 amide bonds. The molecule has 1 atom stereocenters. The number of benzene rings is 1. The van der Waals surface area contributed by atoms with Crippen LogP contribution in [0.15, 0.2) is 16.6 Å². The zero-order chi connectivity index (χ0) is 17.1. The van der Waals surface area contributed by atoms with Gasteiger partial charge in [0.1, 0.15) is 11.3 Å². The molecule has 1 aromatic rings. The lowest BCUT2D eigenvalue weighted by Gasteiger charge is -2.31. The highest BCUT2D eigenvalue weighted by atomic mass is 79.9. The number of hydrogen-bond donors (Lipinski definition) is 1. The molecule has 1 N–H and O–H groups in total. The van der Waals surface area contributed by atoms with Crippen LogP contribution >= 0.6 is 15.9 Å². The molecule has 0 bridgehead atoms. The Balaban J connectivity index is 2.03. The molecule has 0 aliphatic carbocycles. The summed E-state index contributed by atoms with van der Waals surface area (Å²) in [6.45, 7) is 6.94. The number of carbonyl (C=O) groups excluding carboxylic acids is 2. The summed E-state index contributed by atoms with van der Waals surface area (Å²) in [4.78, 5) is 26.4. The smallest absolute Gasteiger partial charge is 0.342 e. The molecule has 1 aliphatic rings. The van der Waals surface area contributed by atoms with Crippen LogP contribution in [0.3, 0.4) is 0 Å². The summed E-state index contributed by atoms with van der Waals surface area (Å²) in [6, 6.07) is 3.25. The first kappa shape index (κ1) is 17.8. The Kier molecular flexibility index (Phi) is 5.68. The van der Waals surface area contributed by atoms with Crippen LogP contribution in [-0.2, 0) is 9.53 Å². The summed E-state index contributed by atoms with van der Waals surface area (Å²) in [7, 11) is 0. The van der Waals surface area contributed by atoms with Gasteiger partial charge in [0.2, 0.25) is 0 Å². The molecule has 23 heavy (non-hydrogen) atoms. The maximum absolute atomic E-state index is 12.4. The third-order valence-electron chi connectivity index (χ3n) is 4.15. The van der Waals surface area contributed by atoms with Gasteiger partial charge in [0.25, 0.3) is 5.91 Å². The summed E-state index contributed by atoms with van der Waals surface area (Å²) >= 11 is 3.20. The fourth-order valence-electron chi connectivity index (χ4n) is 2.65. The number of aromatic hydroxyl groups is 1. The fraction of sp³-hybridized carbons (Fsp3) is 0.529. The van der Waals surface area contributed by atoms with Crippen LogP contribution in [0.4, 0.5) is 0 Å². The van der Waals surface area contributed by atoms with Crippen LogP contribution in [0.2, 0.25) is 0 Å². The van der Waals surface area contributed by atoms with Gasteiger partial charge >= 0.3 is 5.97 Å². The lowest BCUT2D eigenvalue weighted by Crippen LogP contribution is -2.44. The predicted molar refractivity (Wildman–Crippen MR) is 90.4 cm³/mol. The van der Waals surface area contributed by atoms with Crippen molar-refractivity contribution in [1.82, 2.24) is 4.90 Å². The third-order valence-corrected chi connectivity index (χ3v) is 4.76. The summed E-state index contributed by atoms with van der Waals surface area (Å²) in [5.41, 5.74) is 0.870. The molecular weight excluding hydrogens is 362 g/mol. The maximum atomic E-state index is 12.4. The van der Waals surface area contributed by atoms with E-state index in [1.165, 1.54) is 0 Å². The molecule has 126 valence electrons. The molecule has 0 radical (unpaired) electrons. The van der Waals surface area contributed by atoms with E-state index in [0.29, 0.717) is 23.5 Å². The topological polar surface area (TPSA) is 66.8 Å². The average molecular weight is 384 g/mol. The number of aryl methyl sites for hydroxylation is 1. The van der Waals surface area contributed by atoms with E-state index >= 15 is 0 Å². The van der Waals surface area contributed by atoms with Crippen molar-refractivity contribution in [3.8, 4) is 5.75 Å². The molecule has 1 saturated heterocycles. The number of ether oxygens (including phenoxy) is 1. The zero-order valence-electron chi connectivity index (χ0n) is 13.6. The molecular formula is C17H22BrNO4. The van der Waals surface area contributed by atoms with Crippen molar-refractivity contribution in [2.24, 2.45) is 5.92 Å². The van der Waals surface area contributed by atoms with Gasteiger partial charge in [-0.3, -0.25) is 4.79 Å². The van der Waals surface area contributed by atoms with Crippen molar-refractivity contribution in [1.29, 1.82) is 0 Å². The second-order valence-electron chi connectivity index (χ2n) is 6.20. The van der Waals surface area contributed by atoms with Crippen LogP contribution in [0, 0.1) is 12.8 Å². The third kappa shape index (κ3) is 4.25. The van der Waals surface area contributed by atoms with E-state index in [2.05, 4.69) is 22.9 Å². The van der Waals surface area contributed by atoms with Crippen LogP contribution in [0.5, 0.6) is 5.75 Å². The molecule has 1 aliphatic heterocycles. The maximum Gasteiger partial charge on any atom is 0.342 e. The minimum atomic E-state index is -0.866. The first-order chi connectivity index (χ1) is 10.8. The van der Waals surface area contributed by atoms with Crippen LogP contribution in [-0.4, -0.2) is 41.1 Å². The van der Waals surface area contributed by atoms with Crippen molar-refractivity contribution < 1.29 is 19.4 Å². The number of halogens is 1. The van der Waals surface area contributed by atoms with E-state index < -0.39 is 12.1 Å². The Morgan fingerprint density at radius 1 is 1.35 bits per heavy atom. The van der Waals surface area contributed by atoms with E-state index in [9.17, 15) is 14.7 Å². The Labute approximate surface area is 144 Å². The quantitative estimate of drug-likeness (QED) is 0.813. The first-order valence-corrected chi connectivity index (χ1v) is 8.57. The van der Waals surface area contributed by atoms with Crippen molar-refractivity contribution in [3.63, 3.8) is 0 Å². The van der Waals surface area contributed by atoms with Gasteiger partial charge in [-0.25, -0.2) is 4.79 Å². The monoisotopic (exact) mass is 383 g/mol. The van der Waals surface area contributed by atoms with Gasteiger partial charge < -0.3 is 14.7 Å². The van der Waals surface area contributed by atoms with E-state index in [0.717, 1.165) is 18.4 Å². The molecule has 1 unspecified atom stereocenters. The van der Waals surface area contributed by atoms with Crippen molar-refractivity contribution in [3.05, 3.63) is 27.7 Å². The van der Waals surface area contributed by atoms with Crippen molar-refractivity contribution in [2.75, 3.05) is 13.1 Å². The van der Waals surface area contributed by atoms with Crippen molar-refractivity contribution in [2.45, 2.75) is 39.7 Å². The van der Waals surface area contributed by atoms with Gasteiger partial charge in [-0.1, -0.05) is 6.92 Å². The Hall–Kier alpha value is -1.56. The SMILES string of the molecule is Cc1cc(Br)c(O)c(C(=O)OC(C)C(=O)N2CCC(C)CC2)c1.